The highest BCUT2D eigenvalue weighted by Crippen LogP contribution is 2.27. The predicted molar refractivity (Wildman–Crippen MR) is 130 cm³/mol. The van der Waals surface area contributed by atoms with E-state index in [1.165, 1.54) is 5.56 Å². The number of hydrogen-bond acceptors (Lipinski definition) is 3. The van der Waals surface area contributed by atoms with Crippen LogP contribution in [-0.4, -0.2) is 30.5 Å². The van der Waals surface area contributed by atoms with Crippen molar-refractivity contribution in [3.8, 4) is 28.1 Å². The lowest BCUT2D eigenvalue weighted by atomic mass is 10.0. The topological polar surface area (TPSA) is 31.4 Å². The highest BCUT2D eigenvalue weighted by molar-refractivity contribution is 5.69. The van der Waals surface area contributed by atoms with E-state index in [9.17, 15) is 13.2 Å². The van der Waals surface area contributed by atoms with Gasteiger partial charge in [0.1, 0.15) is 12.4 Å². The molecule has 3 rings (SSSR count). The molecule has 0 radical (unpaired) electrons. The van der Waals surface area contributed by atoms with Crippen molar-refractivity contribution in [2.45, 2.75) is 58.2 Å². The van der Waals surface area contributed by atoms with Gasteiger partial charge in [-0.05, 0) is 54.2 Å². The van der Waals surface area contributed by atoms with E-state index < -0.39 is 18.9 Å². The number of rotatable bonds is 12. The number of pyridine rings is 1. The summed E-state index contributed by atoms with van der Waals surface area (Å²) in [7, 11) is 0. The zero-order valence-electron chi connectivity index (χ0n) is 19.8. The second-order valence-corrected chi connectivity index (χ2v) is 8.32. The van der Waals surface area contributed by atoms with Gasteiger partial charge in [0.15, 0.2) is 6.10 Å². The fourth-order valence-electron chi connectivity index (χ4n) is 3.48. The molecule has 0 N–H and O–H groups in total. The van der Waals surface area contributed by atoms with E-state index in [1.807, 2.05) is 55.6 Å². The van der Waals surface area contributed by atoms with E-state index in [0.29, 0.717) is 12.2 Å². The summed E-state index contributed by atoms with van der Waals surface area (Å²) in [5, 5.41) is 0. The van der Waals surface area contributed by atoms with Crippen molar-refractivity contribution in [2.24, 2.45) is 0 Å². The Bertz CT molecular complexity index is 984. The molecule has 3 nitrogen and oxygen atoms in total. The van der Waals surface area contributed by atoms with Crippen molar-refractivity contribution in [2.75, 3.05) is 13.2 Å². The van der Waals surface area contributed by atoms with Gasteiger partial charge >= 0.3 is 6.18 Å². The van der Waals surface area contributed by atoms with Gasteiger partial charge < -0.3 is 9.47 Å². The van der Waals surface area contributed by atoms with E-state index in [4.69, 9.17) is 9.47 Å². The predicted octanol–water partition coefficient (Wildman–Crippen LogP) is 7.88. The standard InChI is InChI=1S/C28H32F3NO2/c1-3-5-7-21-8-17-26(32-19-21)24-11-9-22(10-12-24)23-13-15-25(16-14-23)34-20-27(28(29,30)31)33-18-6-4-2/h8-17,19,27H,3-7,18,20H2,1-2H3. The molecule has 0 bridgehead atoms. The molecule has 34 heavy (non-hydrogen) atoms. The van der Waals surface area contributed by atoms with Gasteiger partial charge in [-0.3, -0.25) is 4.98 Å². The van der Waals surface area contributed by atoms with Crippen LogP contribution in [-0.2, 0) is 11.2 Å². The monoisotopic (exact) mass is 471 g/mol. The lowest BCUT2D eigenvalue weighted by Gasteiger charge is -2.21. The van der Waals surface area contributed by atoms with Crippen molar-refractivity contribution in [1.29, 1.82) is 0 Å². The summed E-state index contributed by atoms with van der Waals surface area (Å²) in [6.45, 7) is 3.58. The first kappa shape index (κ1) is 25.8. The van der Waals surface area contributed by atoms with Crippen molar-refractivity contribution in [1.82, 2.24) is 4.98 Å². The number of alkyl halides is 3. The zero-order chi connectivity index (χ0) is 24.4. The van der Waals surface area contributed by atoms with Crippen LogP contribution in [0.3, 0.4) is 0 Å². The molecular weight excluding hydrogens is 439 g/mol. The lowest BCUT2D eigenvalue weighted by Crippen LogP contribution is -2.37. The van der Waals surface area contributed by atoms with Gasteiger partial charge in [-0.25, -0.2) is 0 Å². The van der Waals surface area contributed by atoms with Crippen LogP contribution in [0.25, 0.3) is 22.4 Å². The Balaban J connectivity index is 1.59. The molecule has 182 valence electrons. The normalized spacial score (nSPS) is 12.5. The first-order valence-corrected chi connectivity index (χ1v) is 11.9. The molecule has 1 heterocycles. The van der Waals surface area contributed by atoms with Gasteiger partial charge in [0.25, 0.3) is 0 Å². The summed E-state index contributed by atoms with van der Waals surface area (Å²) in [4.78, 5) is 4.58. The van der Waals surface area contributed by atoms with Crippen molar-refractivity contribution < 1.29 is 22.6 Å². The number of benzene rings is 2. The first-order valence-electron chi connectivity index (χ1n) is 11.9. The van der Waals surface area contributed by atoms with Crippen molar-refractivity contribution in [3.63, 3.8) is 0 Å². The molecule has 6 heteroatoms. The minimum absolute atomic E-state index is 0.0670. The number of ether oxygens (including phenoxy) is 2. The van der Waals surface area contributed by atoms with E-state index in [1.54, 1.807) is 12.1 Å². The number of unbranched alkanes of at least 4 members (excludes halogenated alkanes) is 2. The van der Waals surface area contributed by atoms with Gasteiger partial charge in [0.2, 0.25) is 0 Å². The highest BCUT2D eigenvalue weighted by atomic mass is 19.4. The molecule has 1 atom stereocenters. The van der Waals surface area contributed by atoms with Gasteiger partial charge in [-0.15, -0.1) is 0 Å². The van der Waals surface area contributed by atoms with Gasteiger partial charge in [0, 0.05) is 18.4 Å². The molecule has 0 saturated carbocycles. The molecule has 0 saturated heterocycles. The third-order valence-electron chi connectivity index (χ3n) is 5.60. The Hall–Kier alpha value is -2.86. The fraction of sp³-hybridized carbons (Fsp3) is 0.393. The minimum atomic E-state index is -4.46. The smallest absolute Gasteiger partial charge is 0.417 e. The summed E-state index contributed by atoms with van der Waals surface area (Å²) in [5.41, 5.74) is 5.17. The maximum absolute atomic E-state index is 13.2. The van der Waals surface area contributed by atoms with Crippen LogP contribution in [0, 0.1) is 0 Å². The first-order chi connectivity index (χ1) is 16.4. The fourth-order valence-corrected chi connectivity index (χ4v) is 3.48. The number of aryl methyl sites for hydroxylation is 1. The highest BCUT2D eigenvalue weighted by Gasteiger charge is 2.41. The molecule has 0 aliphatic rings. The van der Waals surface area contributed by atoms with Crippen LogP contribution in [0.1, 0.15) is 45.1 Å². The summed E-state index contributed by atoms with van der Waals surface area (Å²) in [6, 6.07) is 19.3. The third-order valence-corrected chi connectivity index (χ3v) is 5.60. The molecule has 0 aliphatic heterocycles. The summed E-state index contributed by atoms with van der Waals surface area (Å²) in [5.74, 6) is 0.376. The third kappa shape index (κ3) is 7.59. The molecule has 2 aromatic carbocycles. The van der Waals surface area contributed by atoms with E-state index in [2.05, 4.69) is 18.0 Å². The van der Waals surface area contributed by atoms with Crippen molar-refractivity contribution >= 4 is 0 Å². The second kappa shape index (κ2) is 12.6. The van der Waals surface area contributed by atoms with Gasteiger partial charge in [-0.1, -0.05) is 69.2 Å². The molecular formula is C28H32F3NO2. The van der Waals surface area contributed by atoms with Crippen LogP contribution >= 0.6 is 0 Å². The molecule has 0 aliphatic carbocycles. The minimum Gasteiger partial charge on any atom is -0.491 e. The SMILES string of the molecule is CCCCOC(COc1ccc(-c2ccc(-c3ccc(CCCC)cn3)cc2)cc1)C(F)(F)F. The maximum Gasteiger partial charge on any atom is 0.417 e. The molecule has 0 spiro atoms. The van der Waals surface area contributed by atoms with Crippen molar-refractivity contribution in [3.05, 3.63) is 72.4 Å². The van der Waals surface area contributed by atoms with Gasteiger partial charge in [0.05, 0.1) is 5.69 Å². The molecule has 0 fully saturated rings. The molecule has 0 amide bonds. The summed E-state index contributed by atoms with van der Waals surface area (Å²) >= 11 is 0. The van der Waals surface area contributed by atoms with Crippen LogP contribution in [0.2, 0.25) is 0 Å². The molecule has 1 aromatic heterocycles. The largest absolute Gasteiger partial charge is 0.491 e. The zero-order valence-corrected chi connectivity index (χ0v) is 19.8. The summed E-state index contributed by atoms with van der Waals surface area (Å²) < 4.78 is 49.8. The van der Waals surface area contributed by atoms with E-state index in [-0.39, 0.29) is 6.61 Å². The molecule has 1 unspecified atom stereocenters. The Morgan fingerprint density at radius 2 is 1.41 bits per heavy atom. The summed E-state index contributed by atoms with van der Waals surface area (Å²) in [6.07, 6.45) is 0.283. The van der Waals surface area contributed by atoms with Crippen LogP contribution in [0.15, 0.2) is 66.9 Å². The number of aromatic nitrogens is 1. The average molecular weight is 472 g/mol. The number of nitrogens with zero attached hydrogens (tertiary/aromatic N) is 1. The van der Waals surface area contributed by atoms with E-state index in [0.717, 1.165) is 48.1 Å². The van der Waals surface area contributed by atoms with Crippen LogP contribution in [0.4, 0.5) is 13.2 Å². The van der Waals surface area contributed by atoms with E-state index >= 15 is 0 Å². The maximum atomic E-state index is 13.2. The van der Waals surface area contributed by atoms with Crippen LogP contribution < -0.4 is 4.74 Å². The second-order valence-electron chi connectivity index (χ2n) is 8.32. The Morgan fingerprint density at radius 3 is 1.97 bits per heavy atom. The number of hydrogen-bond donors (Lipinski definition) is 0. The Kier molecular flexibility index (Phi) is 9.52. The Morgan fingerprint density at radius 1 is 0.794 bits per heavy atom. The quantitative estimate of drug-likeness (QED) is 0.252. The average Bonchev–Trinajstić information content (AvgIpc) is 2.85. The lowest BCUT2D eigenvalue weighted by molar-refractivity contribution is -0.227. The molecule has 3 aromatic rings. The van der Waals surface area contributed by atoms with Crippen LogP contribution in [0.5, 0.6) is 5.75 Å². The number of halogens is 3. The van der Waals surface area contributed by atoms with Gasteiger partial charge in [-0.2, -0.15) is 13.2 Å². The Labute approximate surface area is 200 Å².